The number of pyridine rings is 2. The van der Waals surface area contributed by atoms with E-state index in [9.17, 15) is 9.50 Å². The lowest BCUT2D eigenvalue weighted by molar-refractivity contribution is 0.145. The lowest BCUT2D eigenvalue weighted by atomic mass is 10.1. The van der Waals surface area contributed by atoms with E-state index in [0.717, 1.165) is 5.52 Å². The van der Waals surface area contributed by atoms with E-state index >= 15 is 0 Å². The number of rotatable bonds is 5. The Balaban J connectivity index is 1.64. The number of fused-ring (bicyclic) bond motifs is 1. The molecule has 0 amide bonds. The Hall–Kier alpha value is -2.99. The summed E-state index contributed by atoms with van der Waals surface area (Å²) in [7, 11) is 0. The summed E-state index contributed by atoms with van der Waals surface area (Å²) in [5.41, 5.74) is 1.21. The third-order valence-electron chi connectivity index (χ3n) is 4.42. The summed E-state index contributed by atoms with van der Waals surface area (Å²) in [4.78, 5) is 4.03. The van der Waals surface area contributed by atoms with Gasteiger partial charge in [0.05, 0.1) is 35.5 Å². The monoisotopic (exact) mass is 351 g/mol. The summed E-state index contributed by atoms with van der Waals surface area (Å²) >= 11 is 0. The molecule has 0 radical (unpaired) electrons. The van der Waals surface area contributed by atoms with Gasteiger partial charge < -0.3 is 9.84 Å². The molecule has 4 rings (SSSR count). The third kappa shape index (κ3) is 2.99. The normalized spacial score (nSPS) is 16.0. The van der Waals surface area contributed by atoms with E-state index in [4.69, 9.17) is 4.74 Å². The van der Waals surface area contributed by atoms with Gasteiger partial charge in [-0.3, -0.25) is 0 Å². The van der Waals surface area contributed by atoms with E-state index in [1.807, 2.05) is 31.2 Å². The van der Waals surface area contributed by atoms with E-state index in [1.165, 1.54) is 0 Å². The van der Waals surface area contributed by atoms with Crippen molar-refractivity contribution in [2.24, 2.45) is 0 Å². The summed E-state index contributed by atoms with van der Waals surface area (Å²) in [6.07, 6.45) is 11.7. The van der Waals surface area contributed by atoms with Gasteiger partial charge >= 0.3 is 0 Å². The standard InChI is InChI=1S/C20H18FN3O2/c1-2-3-4-11-26-14-5-8-18-15(12-22-24(18)13-14)17-7-6-16(19(21)23-17)20(25)9-10-20/h2-8,11-13,25H,9-10H2,1H3. The molecule has 0 aliphatic heterocycles. The van der Waals surface area contributed by atoms with E-state index in [1.54, 1.807) is 41.4 Å². The summed E-state index contributed by atoms with van der Waals surface area (Å²) in [5.74, 6) is 0.00858. The van der Waals surface area contributed by atoms with Gasteiger partial charge in [-0.25, -0.2) is 9.50 Å². The zero-order valence-electron chi connectivity index (χ0n) is 14.3. The van der Waals surface area contributed by atoms with E-state index in [2.05, 4.69) is 10.1 Å². The van der Waals surface area contributed by atoms with Gasteiger partial charge in [0.15, 0.2) is 0 Å². The molecule has 6 heteroatoms. The largest absolute Gasteiger partial charge is 0.463 e. The number of halogens is 1. The minimum absolute atomic E-state index is 0.265. The average Bonchev–Trinajstić information content (AvgIpc) is 3.24. The van der Waals surface area contributed by atoms with Crippen molar-refractivity contribution in [1.82, 2.24) is 14.6 Å². The molecule has 1 aliphatic rings. The molecule has 0 bridgehead atoms. The fraction of sp³-hybridized carbons (Fsp3) is 0.200. The number of ether oxygens (including phenoxy) is 1. The van der Waals surface area contributed by atoms with Crippen molar-refractivity contribution >= 4 is 5.52 Å². The molecule has 3 aromatic rings. The van der Waals surface area contributed by atoms with Gasteiger partial charge in [0.2, 0.25) is 5.95 Å². The molecular formula is C20H18FN3O2. The maximum absolute atomic E-state index is 14.3. The lowest BCUT2D eigenvalue weighted by Crippen LogP contribution is -2.09. The highest BCUT2D eigenvalue weighted by atomic mass is 19.1. The van der Waals surface area contributed by atoms with E-state index in [-0.39, 0.29) is 5.56 Å². The van der Waals surface area contributed by atoms with Crippen LogP contribution in [0.15, 0.2) is 61.1 Å². The van der Waals surface area contributed by atoms with Crippen LogP contribution in [0.1, 0.15) is 25.3 Å². The summed E-state index contributed by atoms with van der Waals surface area (Å²) in [6, 6.07) is 6.99. The molecule has 0 spiro atoms. The summed E-state index contributed by atoms with van der Waals surface area (Å²) in [5, 5.41) is 14.4. The second-order valence-corrected chi connectivity index (χ2v) is 6.29. The molecule has 3 heterocycles. The van der Waals surface area contributed by atoms with Crippen molar-refractivity contribution in [3.63, 3.8) is 0 Å². The molecule has 132 valence electrons. The number of hydrogen-bond donors (Lipinski definition) is 1. The maximum Gasteiger partial charge on any atom is 0.219 e. The van der Waals surface area contributed by atoms with Crippen molar-refractivity contribution in [3.05, 3.63) is 72.7 Å². The van der Waals surface area contributed by atoms with Crippen LogP contribution in [0.4, 0.5) is 4.39 Å². The zero-order valence-corrected chi connectivity index (χ0v) is 14.3. The minimum atomic E-state index is -1.04. The van der Waals surface area contributed by atoms with Crippen molar-refractivity contribution < 1.29 is 14.2 Å². The topological polar surface area (TPSA) is 59.7 Å². The third-order valence-corrected chi connectivity index (χ3v) is 4.42. The second kappa shape index (κ2) is 6.38. The maximum atomic E-state index is 14.3. The highest BCUT2D eigenvalue weighted by Gasteiger charge is 2.44. The van der Waals surface area contributed by atoms with Crippen LogP contribution >= 0.6 is 0 Å². The van der Waals surface area contributed by atoms with Crippen LogP contribution in [0.25, 0.3) is 16.8 Å². The van der Waals surface area contributed by atoms with Crippen LogP contribution in [-0.2, 0) is 5.60 Å². The van der Waals surface area contributed by atoms with Crippen molar-refractivity contribution in [2.75, 3.05) is 0 Å². The molecule has 1 N–H and O–H groups in total. The number of allylic oxidation sites excluding steroid dienone is 3. The van der Waals surface area contributed by atoms with Crippen LogP contribution < -0.4 is 4.74 Å². The van der Waals surface area contributed by atoms with E-state index < -0.39 is 11.5 Å². The van der Waals surface area contributed by atoms with Gasteiger partial charge in [-0.15, -0.1) is 0 Å². The first kappa shape index (κ1) is 16.5. The highest BCUT2D eigenvalue weighted by Crippen LogP contribution is 2.46. The molecule has 3 aromatic heterocycles. The first-order valence-electron chi connectivity index (χ1n) is 8.42. The first-order valence-corrected chi connectivity index (χ1v) is 8.42. The average molecular weight is 351 g/mol. The van der Waals surface area contributed by atoms with Gasteiger partial charge in [0.1, 0.15) is 5.75 Å². The van der Waals surface area contributed by atoms with Crippen molar-refractivity contribution in [3.8, 4) is 17.0 Å². The highest BCUT2D eigenvalue weighted by molar-refractivity contribution is 5.77. The van der Waals surface area contributed by atoms with Gasteiger partial charge in [-0.2, -0.15) is 9.49 Å². The van der Waals surface area contributed by atoms with Gasteiger partial charge in [-0.1, -0.05) is 12.2 Å². The predicted molar refractivity (Wildman–Crippen MR) is 96.1 cm³/mol. The van der Waals surface area contributed by atoms with E-state index in [0.29, 0.717) is 29.8 Å². The second-order valence-electron chi connectivity index (χ2n) is 6.29. The Labute approximate surface area is 150 Å². The Bertz CT molecular complexity index is 1020. The molecule has 1 aliphatic carbocycles. The molecule has 0 atom stereocenters. The van der Waals surface area contributed by atoms with Gasteiger partial charge in [0, 0.05) is 11.1 Å². The van der Waals surface area contributed by atoms with Crippen LogP contribution in [-0.4, -0.2) is 19.7 Å². The van der Waals surface area contributed by atoms with Crippen LogP contribution in [0.5, 0.6) is 5.75 Å². The fourth-order valence-electron chi connectivity index (χ4n) is 2.83. The number of nitrogens with zero attached hydrogens (tertiary/aromatic N) is 3. The number of aromatic nitrogens is 3. The Morgan fingerprint density at radius 3 is 2.81 bits per heavy atom. The quantitative estimate of drug-likeness (QED) is 0.429. The first-order chi connectivity index (χ1) is 12.6. The Morgan fingerprint density at radius 1 is 1.23 bits per heavy atom. The molecule has 0 aromatic carbocycles. The van der Waals surface area contributed by atoms with Crippen LogP contribution in [0.3, 0.4) is 0 Å². The predicted octanol–water partition coefficient (Wildman–Crippen LogP) is 3.99. The minimum Gasteiger partial charge on any atom is -0.463 e. The zero-order chi connectivity index (χ0) is 18.1. The van der Waals surface area contributed by atoms with Crippen LogP contribution in [0, 0.1) is 5.95 Å². The summed E-state index contributed by atoms with van der Waals surface area (Å²) < 4.78 is 21.5. The van der Waals surface area contributed by atoms with Crippen molar-refractivity contribution in [1.29, 1.82) is 0 Å². The lowest BCUT2D eigenvalue weighted by Gasteiger charge is -2.09. The SMILES string of the molecule is CC=CC=COc1ccc2c(-c3ccc(C4(O)CC4)c(F)n3)cnn2c1. The molecule has 5 nitrogen and oxygen atoms in total. The molecule has 1 saturated carbocycles. The summed E-state index contributed by atoms with van der Waals surface area (Å²) in [6.45, 7) is 1.93. The number of hydrogen-bond acceptors (Lipinski definition) is 4. The molecule has 1 fully saturated rings. The molecule has 0 saturated heterocycles. The Kier molecular flexibility index (Phi) is 4.05. The molecule has 0 unspecified atom stereocenters. The molecule has 26 heavy (non-hydrogen) atoms. The number of aliphatic hydroxyl groups is 1. The fourth-order valence-corrected chi connectivity index (χ4v) is 2.83. The molecular weight excluding hydrogens is 333 g/mol. The van der Waals surface area contributed by atoms with Gasteiger partial charge in [0.25, 0.3) is 0 Å². The Morgan fingerprint density at radius 2 is 2.08 bits per heavy atom. The van der Waals surface area contributed by atoms with Gasteiger partial charge in [-0.05, 0) is 50.1 Å². The van der Waals surface area contributed by atoms with Crippen LogP contribution in [0.2, 0.25) is 0 Å². The smallest absolute Gasteiger partial charge is 0.219 e. The van der Waals surface area contributed by atoms with Crippen molar-refractivity contribution in [2.45, 2.75) is 25.4 Å².